The van der Waals surface area contributed by atoms with E-state index in [0.717, 1.165) is 19.0 Å². The largest absolute Gasteiger partial charge is 0.317 e. The molecule has 86 valence electrons. The first-order chi connectivity index (χ1) is 6.66. The lowest BCUT2D eigenvalue weighted by Crippen LogP contribution is -2.22. The molecule has 0 aliphatic rings. The lowest BCUT2D eigenvalue weighted by atomic mass is 10.1. The summed E-state index contributed by atoms with van der Waals surface area (Å²) in [4.78, 5) is 2.22. The molecule has 0 fully saturated rings. The summed E-state index contributed by atoms with van der Waals surface area (Å²) in [7, 11) is 4.23. The van der Waals surface area contributed by atoms with Crippen molar-refractivity contribution in [2.24, 2.45) is 5.92 Å². The molecule has 0 aliphatic carbocycles. The number of hydrogen-bond acceptors (Lipinski definition) is 2. The summed E-state index contributed by atoms with van der Waals surface area (Å²) in [6.07, 6.45) is 3.72. The normalized spacial score (nSPS) is 13.5. The van der Waals surface area contributed by atoms with Crippen LogP contribution in [0, 0.1) is 5.92 Å². The van der Waals surface area contributed by atoms with Crippen LogP contribution in [0.15, 0.2) is 0 Å². The van der Waals surface area contributed by atoms with Crippen LogP contribution in [0.2, 0.25) is 0 Å². The van der Waals surface area contributed by atoms with Crippen molar-refractivity contribution in [3.05, 3.63) is 0 Å². The summed E-state index contributed by atoms with van der Waals surface area (Å²) in [6.45, 7) is 5.65. The molecule has 2 nitrogen and oxygen atoms in total. The van der Waals surface area contributed by atoms with Crippen LogP contribution >= 0.6 is 11.6 Å². The van der Waals surface area contributed by atoms with Crippen LogP contribution in [0.1, 0.15) is 26.2 Å². The highest BCUT2D eigenvalue weighted by molar-refractivity contribution is 6.18. The number of halogens is 1. The minimum Gasteiger partial charge on any atom is -0.317 e. The van der Waals surface area contributed by atoms with Crippen molar-refractivity contribution in [1.29, 1.82) is 0 Å². The Morgan fingerprint density at radius 1 is 1.21 bits per heavy atom. The van der Waals surface area contributed by atoms with E-state index in [0.29, 0.717) is 5.92 Å². The topological polar surface area (TPSA) is 15.3 Å². The predicted octanol–water partition coefficient (Wildman–Crippen LogP) is 2.18. The monoisotopic (exact) mass is 220 g/mol. The molecule has 0 bridgehead atoms. The van der Waals surface area contributed by atoms with Gasteiger partial charge in [0, 0.05) is 5.88 Å². The SMILES string of the molecule is CC(CCl)CCCNCCCN(C)C. The van der Waals surface area contributed by atoms with Gasteiger partial charge in [-0.25, -0.2) is 0 Å². The fourth-order valence-corrected chi connectivity index (χ4v) is 1.45. The molecule has 0 rings (SSSR count). The van der Waals surface area contributed by atoms with Gasteiger partial charge in [-0.3, -0.25) is 0 Å². The fourth-order valence-electron chi connectivity index (χ4n) is 1.30. The summed E-state index contributed by atoms with van der Waals surface area (Å²) in [6, 6.07) is 0. The molecule has 0 aliphatic heterocycles. The Bertz CT molecular complexity index is 118. The third-order valence-corrected chi connectivity index (χ3v) is 2.80. The van der Waals surface area contributed by atoms with Gasteiger partial charge in [0.25, 0.3) is 0 Å². The quantitative estimate of drug-likeness (QED) is 0.474. The maximum atomic E-state index is 5.72. The van der Waals surface area contributed by atoms with Crippen molar-refractivity contribution in [1.82, 2.24) is 10.2 Å². The molecule has 14 heavy (non-hydrogen) atoms. The van der Waals surface area contributed by atoms with Gasteiger partial charge in [-0.1, -0.05) is 6.92 Å². The number of alkyl halides is 1. The summed E-state index contributed by atoms with van der Waals surface area (Å²) in [5, 5.41) is 3.45. The van der Waals surface area contributed by atoms with Crippen LogP contribution in [-0.4, -0.2) is 44.5 Å². The highest BCUT2D eigenvalue weighted by Gasteiger charge is 1.98. The highest BCUT2D eigenvalue weighted by Crippen LogP contribution is 2.05. The molecule has 0 aromatic carbocycles. The molecule has 0 spiro atoms. The van der Waals surface area contributed by atoms with Crippen LogP contribution in [0.4, 0.5) is 0 Å². The minimum absolute atomic E-state index is 0.667. The summed E-state index contributed by atoms with van der Waals surface area (Å²) in [5.41, 5.74) is 0. The number of nitrogens with one attached hydrogen (secondary N) is 1. The molecule has 0 radical (unpaired) electrons. The van der Waals surface area contributed by atoms with Crippen molar-refractivity contribution in [3.63, 3.8) is 0 Å². The van der Waals surface area contributed by atoms with Gasteiger partial charge in [0.05, 0.1) is 0 Å². The average Bonchev–Trinajstić information content (AvgIpc) is 2.15. The van der Waals surface area contributed by atoms with Crippen molar-refractivity contribution >= 4 is 11.6 Å². The maximum Gasteiger partial charge on any atom is 0.0249 e. The first-order valence-corrected chi connectivity index (χ1v) is 6.11. The second-order valence-electron chi connectivity index (χ2n) is 4.31. The van der Waals surface area contributed by atoms with Gasteiger partial charge in [-0.05, 0) is 58.9 Å². The Morgan fingerprint density at radius 2 is 1.86 bits per heavy atom. The van der Waals surface area contributed by atoms with Gasteiger partial charge in [0.1, 0.15) is 0 Å². The molecular weight excluding hydrogens is 196 g/mol. The van der Waals surface area contributed by atoms with Gasteiger partial charge >= 0.3 is 0 Å². The second-order valence-corrected chi connectivity index (χ2v) is 4.62. The molecule has 0 saturated heterocycles. The van der Waals surface area contributed by atoms with E-state index in [-0.39, 0.29) is 0 Å². The average molecular weight is 221 g/mol. The smallest absolute Gasteiger partial charge is 0.0249 e. The molecule has 1 unspecified atom stereocenters. The zero-order valence-corrected chi connectivity index (χ0v) is 10.6. The lowest BCUT2D eigenvalue weighted by Gasteiger charge is -2.10. The molecule has 1 N–H and O–H groups in total. The van der Waals surface area contributed by atoms with E-state index in [4.69, 9.17) is 11.6 Å². The Balaban J connectivity index is 2.99. The molecule has 0 amide bonds. The number of rotatable bonds is 9. The third-order valence-electron chi connectivity index (χ3n) is 2.27. The van der Waals surface area contributed by atoms with Gasteiger partial charge < -0.3 is 10.2 Å². The Morgan fingerprint density at radius 3 is 2.43 bits per heavy atom. The van der Waals surface area contributed by atoms with E-state index in [2.05, 4.69) is 31.2 Å². The molecule has 1 atom stereocenters. The Labute approximate surface area is 94.0 Å². The van der Waals surface area contributed by atoms with E-state index in [1.807, 2.05) is 0 Å². The number of nitrogens with zero attached hydrogens (tertiary/aromatic N) is 1. The van der Waals surface area contributed by atoms with E-state index in [1.165, 1.54) is 25.8 Å². The zero-order chi connectivity index (χ0) is 10.8. The van der Waals surface area contributed by atoms with Gasteiger partial charge in [0.2, 0.25) is 0 Å². The van der Waals surface area contributed by atoms with Crippen molar-refractivity contribution < 1.29 is 0 Å². The molecule has 0 aromatic heterocycles. The van der Waals surface area contributed by atoms with Crippen LogP contribution in [-0.2, 0) is 0 Å². The first kappa shape index (κ1) is 14.2. The molecule has 3 heteroatoms. The summed E-state index contributed by atoms with van der Waals surface area (Å²) in [5.74, 6) is 1.46. The van der Waals surface area contributed by atoms with E-state index in [1.54, 1.807) is 0 Å². The van der Waals surface area contributed by atoms with Crippen molar-refractivity contribution in [2.75, 3.05) is 39.6 Å². The van der Waals surface area contributed by atoms with Gasteiger partial charge in [0.15, 0.2) is 0 Å². The van der Waals surface area contributed by atoms with Crippen molar-refractivity contribution in [3.8, 4) is 0 Å². The van der Waals surface area contributed by atoms with Crippen molar-refractivity contribution in [2.45, 2.75) is 26.2 Å². The third kappa shape index (κ3) is 10.3. The van der Waals surface area contributed by atoms with Gasteiger partial charge in [-0.2, -0.15) is 0 Å². The van der Waals surface area contributed by atoms with Crippen LogP contribution in [0.25, 0.3) is 0 Å². The highest BCUT2D eigenvalue weighted by atomic mass is 35.5. The Kier molecular flexibility index (Phi) is 9.90. The molecular formula is C11H25ClN2. The van der Waals surface area contributed by atoms with Gasteiger partial charge in [-0.15, -0.1) is 11.6 Å². The molecule has 0 aromatic rings. The maximum absolute atomic E-state index is 5.72. The fraction of sp³-hybridized carbons (Fsp3) is 1.00. The van der Waals surface area contributed by atoms with Crippen LogP contribution < -0.4 is 5.32 Å². The van der Waals surface area contributed by atoms with Crippen LogP contribution in [0.5, 0.6) is 0 Å². The second kappa shape index (κ2) is 9.75. The Hall–Kier alpha value is 0.210. The zero-order valence-electron chi connectivity index (χ0n) is 9.85. The van der Waals surface area contributed by atoms with Crippen LogP contribution in [0.3, 0.4) is 0 Å². The lowest BCUT2D eigenvalue weighted by molar-refractivity contribution is 0.393. The summed E-state index contributed by atoms with van der Waals surface area (Å²) < 4.78 is 0. The first-order valence-electron chi connectivity index (χ1n) is 5.58. The predicted molar refractivity (Wildman–Crippen MR) is 65.2 cm³/mol. The molecule has 0 saturated carbocycles. The minimum atomic E-state index is 0.667. The standard InChI is InChI=1S/C11H25ClN2/c1-11(10-12)6-4-7-13-8-5-9-14(2)3/h11,13H,4-10H2,1-3H3. The number of hydrogen-bond donors (Lipinski definition) is 1. The van der Waals surface area contributed by atoms with E-state index in [9.17, 15) is 0 Å². The summed E-state index contributed by atoms with van der Waals surface area (Å²) >= 11 is 5.72. The molecule has 0 heterocycles. The van der Waals surface area contributed by atoms with E-state index >= 15 is 0 Å². The van der Waals surface area contributed by atoms with E-state index < -0.39 is 0 Å².